The molecule has 0 N–H and O–H groups in total. The highest BCUT2D eigenvalue weighted by atomic mass is 28.3. The first-order chi connectivity index (χ1) is 17.8. The van der Waals surface area contributed by atoms with Gasteiger partial charge in [-0.3, -0.25) is 4.79 Å². The molecule has 0 bridgehead atoms. The third-order valence-electron chi connectivity index (χ3n) is 8.63. The monoisotopic (exact) mass is 505 g/mol. The Morgan fingerprint density at radius 1 is 0.838 bits per heavy atom. The van der Waals surface area contributed by atoms with E-state index in [1.807, 2.05) is 0 Å². The van der Waals surface area contributed by atoms with E-state index in [9.17, 15) is 4.79 Å². The van der Waals surface area contributed by atoms with Gasteiger partial charge in [-0.15, -0.1) is 0 Å². The van der Waals surface area contributed by atoms with Crippen molar-refractivity contribution in [1.29, 1.82) is 0 Å². The molecule has 190 valence electrons. The number of hydrogen-bond acceptors (Lipinski definition) is 2. The van der Waals surface area contributed by atoms with Crippen LogP contribution in [0.5, 0.6) is 0 Å². The average molecular weight is 506 g/mol. The molecule has 0 fully saturated rings. The van der Waals surface area contributed by atoms with Gasteiger partial charge in [0, 0.05) is 30.3 Å². The lowest BCUT2D eigenvalue weighted by Gasteiger charge is -2.53. The molecule has 3 heteroatoms. The first-order valence-corrected chi connectivity index (χ1v) is 15.8. The van der Waals surface area contributed by atoms with Crippen molar-refractivity contribution in [3.05, 3.63) is 120 Å². The van der Waals surface area contributed by atoms with Crippen LogP contribution >= 0.6 is 0 Å². The van der Waals surface area contributed by atoms with Crippen LogP contribution in [0.2, 0.25) is 10.6 Å². The molecule has 0 spiro atoms. The fraction of sp³-hybridized carbons (Fsp3) is 0.324. The Kier molecular flexibility index (Phi) is 7.09. The first-order valence-electron chi connectivity index (χ1n) is 13.7. The minimum absolute atomic E-state index is 0.0679. The molecule has 0 amide bonds. The number of rotatable bonds is 6. The topological polar surface area (TPSA) is 20.3 Å². The van der Waals surface area contributed by atoms with E-state index in [1.54, 1.807) is 0 Å². The van der Waals surface area contributed by atoms with Crippen LogP contribution in [0.1, 0.15) is 52.5 Å². The molecule has 1 aliphatic carbocycles. The van der Waals surface area contributed by atoms with Gasteiger partial charge in [-0.25, -0.2) is 0 Å². The number of benzene rings is 3. The summed E-state index contributed by atoms with van der Waals surface area (Å²) in [6.07, 6.45) is 7.10. The van der Waals surface area contributed by atoms with Crippen molar-refractivity contribution in [1.82, 2.24) is 4.90 Å². The zero-order valence-electron chi connectivity index (χ0n) is 22.7. The largest absolute Gasteiger partial charge is 0.363 e. The maximum atomic E-state index is 13.0. The van der Waals surface area contributed by atoms with Crippen LogP contribution in [0.3, 0.4) is 0 Å². The Morgan fingerprint density at radius 3 is 1.92 bits per heavy atom. The van der Waals surface area contributed by atoms with E-state index in [4.69, 9.17) is 0 Å². The molecule has 0 saturated heterocycles. The van der Waals surface area contributed by atoms with Gasteiger partial charge in [-0.05, 0) is 29.0 Å². The number of carbonyl (C=O) groups is 1. The predicted molar refractivity (Wildman–Crippen MR) is 158 cm³/mol. The van der Waals surface area contributed by atoms with Crippen LogP contribution in [0.4, 0.5) is 0 Å². The van der Waals surface area contributed by atoms with Crippen LogP contribution in [0.15, 0.2) is 114 Å². The number of nitrogens with zero attached hydrogens (tertiary/aromatic N) is 1. The van der Waals surface area contributed by atoms with Crippen LogP contribution in [0, 0.1) is 0 Å². The van der Waals surface area contributed by atoms with E-state index in [2.05, 4.69) is 136 Å². The molecule has 2 aliphatic rings. The highest BCUT2D eigenvalue weighted by Crippen LogP contribution is 2.48. The second-order valence-electron chi connectivity index (χ2n) is 11.7. The van der Waals surface area contributed by atoms with Crippen molar-refractivity contribution in [3.8, 4) is 0 Å². The van der Waals surface area contributed by atoms with Gasteiger partial charge in [0.25, 0.3) is 0 Å². The molecule has 5 rings (SSSR count). The lowest BCUT2D eigenvalue weighted by Crippen LogP contribution is -2.69. The van der Waals surface area contributed by atoms with E-state index in [-0.39, 0.29) is 11.1 Å². The lowest BCUT2D eigenvalue weighted by molar-refractivity contribution is -0.116. The predicted octanol–water partition coefficient (Wildman–Crippen LogP) is 6.89. The molecule has 3 aromatic rings. The fourth-order valence-corrected chi connectivity index (χ4v) is 13.9. The summed E-state index contributed by atoms with van der Waals surface area (Å²) < 4.78 is 0. The zero-order valence-corrected chi connectivity index (χ0v) is 23.7. The Bertz CT molecular complexity index is 1250. The molecule has 1 heterocycles. The quantitative estimate of drug-likeness (QED) is 0.340. The summed E-state index contributed by atoms with van der Waals surface area (Å²) in [6, 6.07) is 33.5. The zero-order chi connectivity index (χ0) is 26.0. The summed E-state index contributed by atoms with van der Waals surface area (Å²) in [5.41, 5.74) is 3.84. The standard InChI is InChI=1S/C34H39NOSi/c1-26(37(34(2,3)4,28-17-10-6-11-18-28)29-19-12-7-13-20-29)31-24-23-30-32(21-14-22-33(30)36)35(31)25-27-15-8-5-9-16-27/h5-13,15-20,23-24,26,31H,14,21-22,25H2,1-4H3/t26-,31-/m0/s1. The molecule has 0 saturated carbocycles. The van der Waals surface area contributed by atoms with Gasteiger partial charge in [-0.2, -0.15) is 0 Å². The van der Waals surface area contributed by atoms with Crippen molar-refractivity contribution in [2.45, 2.75) is 70.1 Å². The van der Waals surface area contributed by atoms with E-state index >= 15 is 0 Å². The third kappa shape index (κ3) is 4.55. The molecule has 0 unspecified atom stereocenters. The van der Waals surface area contributed by atoms with Crippen molar-refractivity contribution in [2.75, 3.05) is 0 Å². The smallest absolute Gasteiger partial charge is 0.164 e. The summed E-state index contributed by atoms with van der Waals surface area (Å²) in [7, 11) is -2.37. The second kappa shape index (κ2) is 10.3. The van der Waals surface area contributed by atoms with Crippen LogP contribution in [-0.4, -0.2) is 24.8 Å². The number of allylic oxidation sites excluding steroid dienone is 3. The molecule has 1 aliphatic heterocycles. The number of hydrogen-bond donors (Lipinski definition) is 0. The van der Waals surface area contributed by atoms with E-state index < -0.39 is 8.07 Å². The van der Waals surface area contributed by atoms with Crippen molar-refractivity contribution >= 4 is 24.2 Å². The minimum Gasteiger partial charge on any atom is -0.363 e. The number of Topliss-reactive ketones (excluding diaryl/α,β-unsaturated/α-hetero) is 1. The third-order valence-corrected chi connectivity index (χ3v) is 15.2. The molecule has 37 heavy (non-hydrogen) atoms. The Labute approximate surface area is 223 Å². The summed E-state index contributed by atoms with van der Waals surface area (Å²) in [5.74, 6) is 0.298. The molecule has 0 aromatic heterocycles. The van der Waals surface area contributed by atoms with Crippen LogP contribution in [-0.2, 0) is 11.3 Å². The van der Waals surface area contributed by atoms with E-state index in [0.717, 1.165) is 25.0 Å². The Morgan fingerprint density at radius 2 is 1.38 bits per heavy atom. The van der Waals surface area contributed by atoms with Gasteiger partial charge in [0.05, 0.1) is 0 Å². The van der Waals surface area contributed by atoms with Gasteiger partial charge >= 0.3 is 0 Å². The summed E-state index contributed by atoms with van der Waals surface area (Å²) in [6.45, 7) is 10.6. The van der Waals surface area contributed by atoms with Gasteiger partial charge in [-0.1, -0.05) is 141 Å². The van der Waals surface area contributed by atoms with Gasteiger partial charge in [0.15, 0.2) is 5.78 Å². The maximum absolute atomic E-state index is 13.0. The molecule has 0 radical (unpaired) electrons. The van der Waals surface area contributed by atoms with Gasteiger partial charge in [0.2, 0.25) is 0 Å². The van der Waals surface area contributed by atoms with Gasteiger partial charge in [0.1, 0.15) is 8.07 Å². The highest BCUT2D eigenvalue weighted by Gasteiger charge is 2.54. The van der Waals surface area contributed by atoms with Crippen LogP contribution < -0.4 is 10.4 Å². The van der Waals surface area contributed by atoms with Crippen molar-refractivity contribution in [3.63, 3.8) is 0 Å². The van der Waals surface area contributed by atoms with Gasteiger partial charge < -0.3 is 4.90 Å². The summed E-state index contributed by atoms with van der Waals surface area (Å²) in [5, 5.41) is 3.03. The van der Waals surface area contributed by atoms with Crippen LogP contribution in [0.25, 0.3) is 0 Å². The van der Waals surface area contributed by atoms with Crippen molar-refractivity contribution < 1.29 is 4.79 Å². The molecular weight excluding hydrogens is 466 g/mol. The van der Waals surface area contributed by atoms with E-state index in [0.29, 0.717) is 17.7 Å². The SMILES string of the molecule is C[C@@H]([C@@H]1C=CC2=C(CCCC2=O)N1Cc1ccccc1)[Si](c1ccccc1)(c1ccccc1)C(C)(C)C. The maximum Gasteiger partial charge on any atom is 0.164 e. The van der Waals surface area contributed by atoms with Crippen molar-refractivity contribution in [2.24, 2.45) is 0 Å². The molecule has 3 aromatic carbocycles. The van der Waals surface area contributed by atoms with E-state index in [1.165, 1.54) is 21.6 Å². The summed E-state index contributed by atoms with van der Waals surface area (Å²) >= 11 is 0. The summed E-state index contributed by atoms with van der Waals surface area (Å²) in [4.78, 5) is 15.6. The lowest BCUT2D eigenvalue weighted by atomic mass is 9.89. The number of ketones is 1. The Balaban J connectivity index is 1.70. The second-order valence-corrected chi connectivity index (χ2v) is 16.9. The Hall–Kier alpha value is -3.17. The first kappa shape index (κ1) is 25.5. The molecular formula is C34H39NOSi. The molecule has 2 nitrogen and oxygen atoms in total. The molecule has 2 atom stereocenters. The minimum atomic E-state index is -2.37. The average Bonchev–Trinajstić information content (AvgIpc) is 2.90. The normalized spacial score (nSPS) is 19.1. The highest BCUT2D eigenvalue weighted by molar-refractivity contribution is 7.05. The number of carbonyl (C=O) groups excluding carboxylic acids is 1. The fourth-order valence-electron chi connectivity index (χ4n) is 7.13.